The highest BCUT2D eigenvalue weighted by molar-refractivity contribution is 5.87. The van der Waals surface area contributed by atoms with Gasteiger partial charge in [0.1, 0.15) is 0 Å². The molecule has 2 aromatic heterocycles. The lowest BCUT2D eigenvalue weighted by molar-refractivity contribution is 0.631. The molecule has 0 bridgehead atoms. The second-order valence-electron chi connectivity index (χ2n) is 9.69. The molecule has 184 valence electrons. The van der Waals surface area contributed by atoms with Crippen LogP contribution in [0.5, 0.6) is 0 Å². The number of fused-ring (bicyclic) bond motifs is 2. The molecule has 0 aliphatic carbocycles. The van der Waals surface area contributed by atoms with Crippen molar-refractivity contribution in [1.29, 1.82) is 0 Å². The van der Waals surface area contributed by atoms with E-state index < -0.39 is 0 Å². The van der Waals surface area contributed by atoms with Gasteiger partial charge in [-0.25, -0.2) is 0 Å². The molecular formula is C34H33N3. The maximum absolute atomic E-state index is 4.60. The van der Waals surface area contributed by atoms with E-state index in [9.17, 15) is 0 Å². The molecule has 0 saturated carbocycles. The number of pyridine rings is 2. The van der Waals surface area contributed by atoms with Gasteiger partial charge in [-0.15, -0.1) is 0 Å². The van der Waals surface area contributed by atoms with Crippen LogP contribution in [0.1, 0.15) is 44.4 Å². The van der Waals surface area contributed by atoms with Crippen LogP contribution in [0.3, 0.4) is 0 Å². The van der Waals surface area contributed by atoms with Crippen molar-refractivity contribution in [3.8, 4) is 22.5 Å². The Hall–Kier alpha value is -4.24. The second kappa shape index (κ2) is 10.0. The van der Waals surface area contributed by atoms with E-state index in [2.05, 4.69) is 102 Å². The molecule has 0 fully saturated rings. The molecule has 6 rings (SSSR count). The van der Waals surface area contributed by atoms with Crippen LogP contribution < -0.4 is 4.90 Å². The molecular weight excluding hydrogens is 450 g/mol. The molecule has 0 spiro atoms. The average molecular weight is 484 g/mol. The van der Waals surface area contributed by atoms with E-state index >= 15 is 0 Å². The van der Waals surface area contributed by atoms with Crippen molar-refractivity contribution >= 4 is 17.1 Å². The van der Waals surface area contributed by atoms with Gasteiger partial charge in [0.25, 0.3) is 0 Å². The second-order valence-corrected chi connectivity index (χ2v) is 9.69. The van der Waals surface area contributed by atoms with Crippen LogP contribution in [0.2, 0.25) is 0 Å². The van der Waals surface area contributed by atoms with E-state index in [1.54, 1.807) is 0 Å². The van der Waals surface area contributed by atoms with Crippen LogP contribution in [0.4, 0.5) is 17.1 Å². The van der Waals surface area contributed by atoms with Crippen molar-refractivity contribution in [2.45, 2.75) is 40.0 Å². The predicted octanol–water partition coefficient (Wildman–Crippen LogP) is 9.25. The van der Waals surface area contributed by atoms with Gasteiger partial charge in [0, 0.05) is 34.6 Å². The van der Waals surface area contributed by atoms with Crippen molar-refractivity contribution in [3.05, 3.63) is 126 Å². The van der Waals surface area contributed by atoms with Crippen molar-refractivity contribution in [3.63, 3.8) is 0 Å². The van der Waals surface area contributed by atoms with Gasteiger partial charge in [0.05, 0.1) is 22.8 Å². The molecule has 1 aliphatic heterocycles. The Bertz CT molecular complexity index is 1500. The third-order valence-electron chi connectivity index (χ3n) is 7.02. The number of aromatic nitrogens is 2. The fraction of sp³-hybridized carbons (Fsp3) is 0.176. The standard InChI is InChI=1S/C32H27N3.C2H6/c1-22-10-16-30-26(20-22)32(2,3)27-21-24(29-9-5-7-19-34-29)13-17-31(27)35(30)25-14-11-23(12-15-25)28-8-4-6-18-33-28;1-2/h4-21H,1-3H3;1-2H3. The monoisotopic (exact) mass is 483 g/mol. The first-order valence-electron chi connectivity index (χ1n) is 13.0. The van der Waals surface area contributed by atoms with E-state index in [1.165, 1.54) is 28.1 Å². The van der Waals surface area contributed by atoms with Gasteiger partial charge in [-0.1, -0.05) is 75.7 Å². The van der Waals surface area contributed by atoms with Gasteiger partial charge < -0.3 is 4.90 Å². The van der Waals surface area contributed by atoms with Crippen molar-refractivity contribution < 1.29 is 0 Å². The number of nitrogens with zero attached hydrogens (tertiary/aromatic N) is 3. The molecule has 37 heavy (non-hydrogen) atoms. The summed E-state index contributed by atoms with van der Waals surface area (Å²) < 4.78 is 0. The van der Waals surface area contributed by atoms with Crippen LogP contribution in [-0.4, -0.2) is 9.97 Å². The molecule has 0 unspecified atom stereocenters. The third-order valence-corrected chi connectivity index (χ3v) is 7.02. The highest BCUT2D eigenvalue weighted by Gasteiger charge is 2.37. The molecule has 0 saturated heterocycles. The van der Waals surface area contributed by atoms with Crippen LogP contribution in [0.15, 0.2) is 109 Å². The molecule has 3 heterocycles. The number of benzene rings is 3. The number of hydrogen-bond acceptors (Lipinski definition) is 3. The SMILES string of the molecule is CC.Cc1ccc2c(c1)C(C)(C)c1cc(-c3ccccn3)ccc1N2c1ccc(-c2ccccn2)cc1. The van der Waals surface area contributed by atoms with Gasteiger partial charge in [-0.2, -0.15) is 0 Å². The Balaban J connectivity index is 0.00000137. The Morgan fingerprint density at radius 2 is 1.14 bits per heavy atom. The van der Waals surface area contributed by atoms with Gasteiger partial charge in [-0.05, 0) is 72.6 Å². The first kappa shape index (κ1) is 24.5. The molecule has 3 aromatic carbocycles. The topological polar surface area (TPSA) is 29.0 Å². The summed E-state index contributed by atoms with van der Waals surface area (Å²) in [5.41, 5.74) is 11.5. The molecule has 3 nitrogen and oxygen atoms in total. The minimum atomic E-state index is -0.147. The van der Waals surface area contributed by atoms with Crippen LogP contribution in [0, 0.1) is 6.92 Å². The number of hydrogen-bond donors (Lipinski definition) is 0. The first-order chi connectivity index (χ1) is 18.0. The number of aryl methyl sites for hydroxylation is 1. The zero-order chi connectivity index (χ0) is 26.0. The quantitative estimate of drug-likeness (QED) is 0.256. The first-order valence-corrected chi connectivity index (χ1v) is 13.0. The van der Waals surface area contributed by atoms with Crippen LogP contribution in [0.25, 0.3) is 22.5 Å². The van der Waals surface area contributed by atoms with Crippen molar-refractivity contribution in [1.82, 2.24) is 9.97 Å². The fourth-order valence-corrected chi connectivity index (χ4v) is 5.14. The summed E-state index contributed by atoms with van der Waals surface area (Å²) in [7, 11) is 0. The highest BCUT2D eigenvalue weighted by atomic mass is 15.2. The Kier molecular flexibility index (Phi) is 6.62. The summed E-state index contributed by atoms with van der Waals surface area (Å²) in [6.07, 6.45) is 3.69. The van der Waals surface area contributed by atoms with E-state index in [4.69, 9.17) is 0 Å². The third kappa shape index (κ3) is 4.42. The molecule has 0 amide bonds. The summed E-state index contributed by atoms with van der Waals surface area (Å²) in [5, 5.41) is 0. The summed E-state index contributed by atoms with van der Waals surface area (Å²) in [5.74, 6) is 0. The zero-order valence-electron chi connectivity index (χ0n) is 22.2. The molecule has 0 atom stereocenters. The normalized spacial score (nSPS) is 13.2. The Labute approximate surface area is 220 Å². The molecule has 1 aliphatic rings. The maximum Gasteiger partial charge on any atom is 0.0702 e. The van der Waals surface area contributed by atoms with Gasteiger partial charge in [-0.3, -0.25) is 9.97 Å². The van der Waals surface area contributed by atoms with E-state index in [1.807, 2.05) is 56.6 Å². The van der Waals surface area contributed by atoms with E-state index in [-0.39, 0.29) is 5.41 Å². The fourth-order valence-electron chi connectivity index (χ4n) is 5.14. The molecule has 3 heteroatoms. The molecule has 5 aromatic rings. The van der Waals surface area contributed by atoms with Gasteiger partial charge in [0.2, 0.25) is 0 Å². The summed E-state index contributed by atoms with van der Waals surface area (Å²) in [6, 6.07) is 34.4. The lowest BCUT2D eigenvalue weighted by Crippen LogP contribution is -2.30. The van der Waals surface area contributed by atoms with E-state index in [0.717, 1.165) is 28.2 Å². The Morgan fingerprint density at radius 1 is 0.595 bits per heavy atom. The number of anilines is 3. The predicted molar refractivity (Wildman–Crippen MR) is 156 cm³/mol. The minimum absolute atomic E-state index is 0.147. The van der Waals surface area contributed by atoms with Crippen LogP contribution >= 0.6 is 0 Å². The maximum atomic E-state index is 4.60. The molecule has 0 N–H and O–H groups in total. The summed E-state index contributed by atoms with van der Waals surface area (Å²) in [4.78, 5) is 11.5. The summed E-state index contributed by atoms with van der Waals surface area (Å²) >= 11 is 0. The van der Waals surface area contributed by atoms with Gasteiger partial charge >= 0.3 is 0 Å². The summed E-state index contributed by atoms with van der Waals surface area (Å²) in [6.45, 7) is 10.8. The van der Waals surface area contributed by atoms with Crippen LogP contribution in [-0.2, 0) is 5.41 Å². The minimum Gasteiger partial charge on any atom is -0.310 e. The van der Waals surface area contributed by atoms with Crippen molar-refractivity contribution in [2.24, 2.45) is 0 Å². The Morgan fingerprint density at radius 3 is 1.73 bits per heavy atom. The number of rotatable bonds is 3. The smallest absolute Gasteiger partial charge is 0.0702 e. The van der Waals surface area contributed by atoms with Crippen molar-refractivity contribution in [2.75, 3.05) is 4.90 Å². The zero-order valence-corrected chi connectivity index (χ0v) is 22.2. The highest BCUT2D eigenvalue weighted by Crippen LogP contribution is 2.52. The lowest BCUT2D eigenvalue weighted by atomic mass is 9.72. The lowest BCUT2D eigenvalue weighted by Gasteiger charge is -2.42. The molecule has 0 radical (unpaired) electrons. The van der Waals surface area contributed by atoms with Gasteiger partial charge in [0.15, 0.2) is 0 Å². The van der Waals surface area contributed by atoms with E-state index in [0.29, 0.717) is 0 Å². The largest absolute Gasteiger partial charge is 0.310 e. The average Bonchev–Trinajstić information content (AvgIpc) is 2.96.